The fourth-order valence-corrected chi connectivity index (χ4v) is 3.04. The quantitative estimate of drug-likeness (QED) is 0.474. The van der Waals surface area contributed by atoms with Gasteiger partial charge in [0.05, 0.1) is 10.9 Å². The lowest BCUT2D eigenvalue weighted by molar-refractivity contribution is -0.115. The summed E-state index contributed by atoms with van der Waals surface area (Å²) in [5.41, 5.74) is 1.01. The standard InChI is InChI=1S/C17H20N4O2S/c1-5-10-21-13(4)19-20-17(21)24-12(3)16(23)18-15-9-7-6-8-14(15)11(2)22/h5-9,12H,1,10H2,2-4H3,(H,18,23)/t12-/m0/s1. The Labute approximate surface area is 145 Å². The molecule has 0 aliphatic heterocycles. The smallest absolute Gasteiger partial charge is 0.237 e. The Morgan fingerprint density at radius 3 is 2.75 bits per heavy atom. The molecule has 1 heterocycles. The van der Waals surface area contributed by atoms with Crippen molar-refractivity contribution in [2.75, 3.05) is 5.32 Å². The largest absolute Gasteiger partial charge is 0.324 e. The van der Waals surface area contributed by atoms with Crippen LogP contribution in [0, 0.1) is 6.92 Å². The number of aryl methyl sites for hydroxylation is 1. The number of thioether (sulfide) groups is 1. The van der Waals surface area contributed by atoms with E-state index in [9.17, 15) is 9.59 Å². The summed E-state index contributed by atoms with van der Waals surface area (Å²) in [6, 6.07) is 6.96. The molecule has 0 spiro atoms. The summed E-state index contributed by atoms with van der Waals surface area (Å²) >= 11 is 1.32. The molecule has 1 N–H and O–H groups in total. The van der Waals surface area contributed by atoms with Crippen molar-refractivity contribution in [3.8, 4) is 0 Å². The fourth-order valence-electron chi connectivity index (χ4n) is 2.13. The summed E-state index contributed by atoms with van der Waals surface area (Å²) in [5.74, 6) is 0.485. The molecular formula is C17H20N4O2S. The van der Waals surface area contributed by atoms with Crippen LogP contribution in [-0.4, -0.2) is 31.7 Å². The zero-order valence-electron chi connectivity index (χ0n) is 13.9. The van der Waals surface area contributed by atoms with Gasteiger partial charge in [0, 0.05) is 12.1 Å². The third-order valence-electron chi connectivity index (χ3n) is 3.43. The minimum atomic E-state index is -0.392. The Morgan fingerprint density at radius 1 is 1.38 bits per heavy atom. The average Bonchev–Trinajstić information content (AvgIpc) is 2.88. The number of carbonyl (C=O) groups is 2. The Hall–Kier alpha value is -2.41. The predicted molar refractivity (Wildman–Crippen MR) is 95.4 cm³/mol. The highest BCUT2D eigenvalue weighted by Gasteiger charge is 2.20. The van der Waals surface area contributed by atoms with E-state index in [2.05, 4.69) is 22.1 Å². The number of allylic oxidation sites excluding steroid dienone is 1. The molecule has 1 aromatic heterocycles. The van der Waals surface area contributed by atoms with Gasteiger partial charge in [-0.3, -0.25) is 9.59 Å². The highest BCUT2D eigenvalue weighted by atomic mass is 32.2. The van der Waals surface area contributed by atoms with E-state index in [0.717, 1.165) is 5.82 Å². The van der Waals surface area contributed by atoms with Crippen LogP contribution in [0.15, 0.2) is 42.1 Å². The number of hydrogen-bond donors (Lipinski definition) is 1. The molecule has 0 unspecified atom stereocenters. The van der Waals surface area contributed by atoms with Crippen molar-refractivity contribution < 1.29 is 9.59 Å². The molecular weight excluding hydrogens is 324 g/mol. The van der Waals surface area contributed by atoms with Crippen LogP contribution in [-0.2, 0) is 11.3 Å². The van der Waals surface area contributed by atoms with Crippen LogP contribution in [0.2, 0.25) is 0 Å². The van der Waals surface area contributed by atoms with E-state index in [-0.39, 0.29) is 11.7 Å². The van der Waals surface area contributed by atoms with Crippen molar-refractivity contribution in [2.45, 2.75) is 37.7 Å². The number of rotatable bonds is 7. The number of benzene rings is 1. The Morgan fingerprint density at radius 2 is 2.08 bits per heavy atom. The monoisotopic (exact) mass is 344 g/mol. The van der Waals surface area contributed by atoms with Crippen LogP contribution >= 0.6 is 11.8 Å². The van der Waals surface area contributed by atoms with Crippen LogP contribution in [0.3, 0.4) is 0 Å². The Balaban J connectivity index is 2.11. The van der Waals surface area contributed by atoms with Crippen LogP contribution in [0.25, 0.3) is 0 Å². The SMILES string of the molecule is C=CCn1c(C)nnc1S[C@@H](C)C(=O)Nc1ccccc1C(C)=O. The molecule has 0 fully saturated rings. The average molecular weight is 344 g/mol. The number of nitrogens with one attached hydrogen (secondary N) is 1. The van der Waals surface area contributed by atoms with Crippen molar-refractivity contribution >= 4 is 29.1 Å². The summed E-state index contributed by atoms with van der Waals surface area (Å²) in [5, 5.41) is 11.2. The summed E-state index contributed by atoms with van der Waals surface area (Å²) in [6.45, 7) is 9.42. The lowest BCUT2D eigenvalue weighted by atomic mass is 10.1. The van der Waals surface area contributed by atoms with E-state index < -0.39 is 5.25 Å². The third kappa shape index (κ3) is 4.11. The number of nitrogens with zero attached hydrogens (tertiary/aromatic N) is 3. The summed E-state index contributed by atoms with van der Waals surface area (Å²) in [7, 11) is 0. The number of aromatic nitrogens is 3. The maximum absolute atomic E-state index is 12.4. The van der Waals surface area contributed by atoms with Gasteiger partial charge in [-0.05, 0) is 32.9 Å². The molecule has 1 aromatic carbocycles. The van der Waals surface area contributed by atoms with E-state index in [1.165, 1.54) is 18.7 Å². The van der Waals surface area contributed by atoms with E-state index in [4.69, 9.17) is 0 Å². The molecule has 0 saturated carbocycles. The predicted octanol–water partition coefficient (Wildman–Crippen LogP) is 3.09. The van der Waals surface area contributed by atoms with Crippen LogP contribution in [0.1, 0.15) is 30.0 Å². The van der Waals surface area contributed by atoms with Crippen molar-refractivity contribution in [3.05, 3.63) is 48.3 Å². The van der Waals surface area contributed by atoms with Gasteiger partial charge in [-0.25, -0.2) is 0 Å². The number of amides is 1. The molecule has 0 aliphatic rings. The molecule has 2 aromatic rings. The molecule has 6 nitrogen and oxygen atoms in total. The summed E-state index contributed by atoms with van der Waals surface area (Å²) in [6.07, 6.45) is 1.76. The van der Waals surface area contributed by atoms with Gasteiger partial charge in [0.15, 0.2) is 10.9 Å². The van der Waals surface area contributed by atoms with E-state index >= 15 is 0 Å². The maximum Gasteiger partial charge on any atom is 0.237 e. The van der Waals surface area contributed by atoms with Gasteiger partial charge < -0.3 is 9.88 Å². The number of Topliss-reactive ketones (excluding diaryl/α,β-unsaturated/α-hetero) is 1. The second-order valence-corrected chi connectivity index (χ2v) is 6.59. The number of anilines is 1. The van der Waals surface area contributed by atoms with Gasteiger partial charge in [0.2, 0.25) is 5.91 Å². The number of carbonyl (C=O) groups excluding carboxylic acids is 2. The number of ketones is 1. The second-order valence-electron chi connectivity index (χ2n) is 5.28. The van der Waals surface area contributed by atoms with Gasteiger partial charge in [0.25, 0.3) is 0 Å². The molecule has 7 heteroatoms. The van der Waals surface area contributed by atoms with E-state index in [1.807, 2.05) is 11.5 Å². The minimum absolute atomic E-state index is 0.0902. The van der Waals surface area contributed by atoms with Gasteiger partial charge in [-0.2, -0.15) is 0 Å². The van der Waals surface area contributed by atoms with Crippen molar-refractivity contribution in [2.24, 2.45) is 0 Å². The zero-order valence-corrected chi connectivity index (χ0v) is 14.8. The first-order chi connectivity index (χ1) is 11.4. The molecule has 24 heavy (non-hydrogen) atoms. The second kappa shape index (κ2) is 7.92. The fraction of sp³-hybridized carbons (Fsp3) is 0.294. The molecule has 1 amide bonds. The van der Waals surface area contributed by atoms with E-state index in [0.29, 0.717) is 23.0 Å². The first kappa shape index (κ1) is 17.9. The van der Waals surface area contributed by atoms with Crippen molar-refractivity contribution in [1.29, 1.82) is 0 Å². The van der Waals surface area contributed by atoms with Crippen molar-refractivity contribution in [1.82, 2.24) is 14.8 Å². The third-order valence-corrected chi connectivity index (χ3v) is 4.51. The Bertz CT molecular complexity index is 770. The van der Waals surface area contributed by atoms with Crippen molar-refractivity contribution in [3.63, 3.8) is 0 Å². The number of para-hydroxylation sites is 1. The molecule has 0 bridgehead atoms. The highest BCUT2D eigenvalue weighted by Crippen LogP contribution is 2.24. The first-order valence-electron chi connectivity index (χ1n) is 7.52. The molecule has 126 valence electrons. The van der Waals surface area contributed by atoms with Gasteiger partial charge in [0.1, 0.15) is 5.82 Å². The van der Waals surface area contributed by atoms with Gasteiger partial charge >= 0.3 is 0 Å². The van der Waals surface area contributed by atoms with Crippen LogP contribution in [0.5, 0.6) is 0 Å². The normalized spacial score (nSPS) is 11.8. The molecule has 0 aliphatic carbocycles. The minimum Gasteiger partial charge on any atom is -0.324 e. The summed E-state index contributed by atoms with van der Waals surface area (Å²) < 4.78 is 1.89. The van der Waals surface area contributed by atoms with Crippen LogP contribution in [0.4, 0.5) is 5.69 Å². The molecule has 2 rings (SSSR count). The van der Waals surface area contributed by atoms with Gasteiger partial charge in [-0.15, -0.1) is 16.8 Å². The Kier molecular flexibility index (Phi) is 5.92. The number of hydrogen-bond acceptors (Lipinski definition) is 5. The molecule has 0 radical (unpaired) electrons. The van der Waals surface area contributed by atoms with Gasteiger partial charge in [-0.1, -0.05) is 30.0 Å². The topological polar surface area (TPSA) is 76.9 Å². The summed E-state index contributed by atoms with van der Waals surface area (Å²) in [4.78, 5) is 24.1. The lowest BCUT2D eigenvalue weighted by Crippen LogP contribution is -2.24. The zero-order chi connectivity index (χ0) is 17.7. The highest BCUT2D eigenvalue weighted by molar-refractivity contribution is 8.00. The lowest BCUT2D eigenvalue weighted by Gasteiger charge is -2.14. The maximum atomic E-state index is 12.4. The molecule has 0 saturated heterocycles. The first-order valence-corrected chi connectivity index (χ1v) is 8.40. The van der Waals surface area contributed by atoms with Crippen LogP contribution < -0.4 is 5.32 Å². The molecule has 1 atom stereocenters. The van der Waals surface area contributed by atoms with E-state index in [1.54, 1.807) is 37.3 Å².